The third-order valence-electron chi connectivity index (χ3n) is 6.26. The molecule has 2 aromatic rings. The molecule has 2 heterocycles. The number of fused-ring (bicyclic) bond motifs is 1. The Morgan fingerprint density at radius 1 is 1.27 bits per heavy atom. The van der Waals surface area contributed by atoms with E-state index in [1.165, 1.54) is 22.9 Å². The number of carbonyl (C=O) groups is 2. The second-order valence-corrected chi connectivity index (χ2v) is 13.1. The fourth-order valence-electron chi connectivity index (χ4n) is 4.15. The Bertz CT molecular complexity index is 1230. The van der Waals surface area contributed by atoms with Gasteiger partial charge in [-0.1, -0.05) is 17.7 Å². The number of hydrogen-bond acceptors (Lipinski definition) is 5. The van der Waals surface area contributed by atoms with Crippen molar-refractivity contribution in [2.45, 2.75) is 56.2 Å². The van der Waals surface area contributed by atoms with Crippen molar-refractivity contribution in [2.75, 3.05) is 13.1 Å². The normalized spacial score (nSPS) is 17.6. The Kier molecular flexibility index (Phi) is 5.81. The first-order valence-electron chi connectivity index (χ1n) is 10.7. The maximum absolute atomic E-state index is 13.6. The zero-order valence-electron chi connectivity index (χ0n) is 18.7. The predicted octanol–water partition coefficient (Wildman–Crippen LogP) is 2.81. The summed E-state index contributed by atoms with van der Waals surface area (Å²) in [5, 5.41) is 2.67. The molecule has 178 valence electrons. The van der Waals surface area contributed by atoms with Crippen LogP contribution < -0.4 is 5.32 Å². The van der Waals surface area contributed by atoms with Crippen LogP contribution in [-0.2, 0) is 22.9 Å². The van der Waals surface area contributed by atoms with Crippen LogP contribution in [0, 0.1) is 5.82 Å². The van der Waals surface area contributed by atoms with E-state index in [-0.39, 0.29) is 42.1 Å². The van der Waals surface area contributed by atoms with E-state index in [1.807, 2.05) is 0 Å². The van der Waals surface area contributed by atoms with E-state index in [4.69, 9.17) is 11.6 Å². The first-order valence-corrected chi connectivity index (χ1v) is 12.5. The zero-order valence-corrected chi connectivity index (χ0v) is 20.3. The van der Waals surface area contributed by atoms with Gasteiger partial charge >= 0.3 is 0 Å². The molecule has 2 amide bonds. The number of hydrogen-bond donors (Lipinski definition) is 1. The molecule has 0 unspecified atom stereocenters. The molecule has 0 spiro atoms. The number of benzene rings is 1. The minimum Gasteiger partial charge on any atom is -0.345 e. The van der Waals surface area contributed by atoms with Crippen molar-refractivity contribution < 1.29 is 22.4 Å². The Labute approximate surface area is 197 Å². The second-order valence-electron chi connectivity index (χ2n) is 9.58. The predicted molar refractivity (Wildman–Crippen MR) is 121 cm³/mol. The van der Waals surface area contributed by atoms with E-state index >= 15 is 0 Å². The average Bonchev–Trinajstić information content (AvgIpc) is 3.40. The number of nitrogens with zero attached hydrogens (tertiary/aromatic N) is 3. The number of sulfone groups is 1. The van der Waals surface area contributed by atoms with Crippen molar-refractivity contribution in [1.29, 1.82) is 0 Å². The lowest BCUT2D eigenvalue weighted by molar-refractivity contribution is 0.0698. The summed E-state index contributed by atoms with van der Waals surface area (Å²) in [6.45, 7) is 5.86. The van der Waals surface area contributed by atoms with Gasteiger partial charge in [-0.2, -0.15) is 0 Å². The first-order chi connectivity index (χ1) is 15.4. The van der Waals surface area contributed by atoms with E-state index in [9.17, 15) is 22.4 Å². The molecule has 1 aromatic carbocycles. The maximum Gasteiger partial charge on any atom is 0.287 e. The van der Waals surface area contributed by atoms with Crippen LogP contribution in [0.5, 0.6) is 0 Å². The largest absolute Gasteiger partial charge is 0.345 e. The van der Waals surface area contributed by atoms with Crippen molar-refractivity contribution in [2.24, 2.45) is 0 Å². The Morgan fingerprint density at radius 3 is 2.58 bits per heavy atom. The minimum atomic E-state index is -3.43. The summed E-state index contributed by atoms with van der Waals surface area (Å²) in [6, 6.07) is 4.26. The van der Waals surface area contributed by atoms with Crippen LogP contribution >= 0.6 is 11.6 Å². The summed E-state index contributed by atoms with van der Waals surface area (Å²) in [5.41, 5.74) is 0.778. The van der Waals surface area contributed by atoms with Gasteiger partial charge in [-0.25, -0.2) is 17.8 Å². The highest BCUT2D eigenvalue weighted by Crippen LogP contribution is 2.49. The van der Waals surface area contributed by atoms with Crippen LogP contribution in [0.15, 0.2) is 24.4 Å². The molecule has 1 aliphatic heterocycles. The van der Waals surface area contributed by atoms with Gasteiger partial charge in [0, 0.05) is 26.2 Å². The molecule has 1 saturated carbocycles. The topological polar surface area (TPSA) is 101 Å². The molecule has 4 rings (SSSR count). The van der Waals surface area contributed by atoms with Gasteiger partial charge in [0.1, 0.15) is 11.5 Å². The van der Waals surface area contributed by atoms with Gasteiger partial charge in [0.2, 0.25) is 0 Å². The highest BCUT2D eigenvalue weighted by Gasteiger charge is 2.59. The summed E-state index contributed by atoms with van der Waals surface area (Å²) in [5.74, 6) is -1.33. The van der Waals surface area contributed by atoms with E-state index < -0.39 is 31.1 Å². The molecule has 0 bridgehead atoms. The number of nitrogens with one attached hydrogen (secondary N) is 1. The molecule has 8 nitrogen and oxygen atoms in total. The molecule has 33 heavy (non-hydrogen) atoms. The van der Waals surface area contributed by atoms with Gasteiger partial charge < -0.3 is 14.8 Å². The zero-order chi connectivity index (χ0) is 24.2. The maximum atomic E-state index is 13.6. The molecule has 0 saturated heterocycles. The molecule has 1 N–H and O–H groups in total. The van der Waals surface area contributed by atoms with Crippen LogP contribution in [0.3, 0.4) is 0 Å². The van der Waals surface area contributed by atoms with Crippen LogP contribution in [0.1, 0.15) is 60.3 Å². The quantitative estimate of drug-likeness (QED) is 0.662. The van der Waals surface area contributed by atoms with E-state index in [0.29, 0.717) is 24.9 Å². The molecular formula is C22H26ClFN4O4S. The van der Waals surface area contributed by atoms with Gasteiger partial charge in [-0.3, -0.25) is 9.59 Å². The average molecular weight is 497 g/mol. The summed E-state index contributed by atoms with van der Waals surface area (Å²) < 4.78 is 39.4. The lowest BCUT2D eigenvalue weighted by atomic mass is 10.2. The molecular weight excluding hydrogens is 471 g/mol. The van der Waals surface area contributed by atoms with Gasteiger partial charge in [0.25, 0.3) is 11.8 Å². The third-order valence-corrected chi connectivity index (χ3v) is 9.85. The fraction of sp³-hybridized carbons (Fsp3) is 0.500. The lowest BCUT2D eigenvalue weighted by Crippen LogP contribution is -2.50. The Morgan fingerprint density at radius 2 is 1.97 bits per heavy atom. The number of carbonyl (C=O) groups excluding carboxylic acids is 2. The molecule has 0 atom stereocenters. The Balaban J connectivity index is 1.46. The van der Waals surface area contributed by atoms with Crippen LogP contribution in [-0.4, -0.2) is 57.3 Å². The van der Waals surface area contributed by atoms with Crippen molar-refractivity contribution in [3.8, 4) is 0 Å². The lowest BCUT2D eigenvalue weighted by Gasteiger charge is -2.34. The molecule has 1 aliphatic carbocycles. The van der Waals surface area contributed by atoms with E-state index in [0.717, 1.165) is 0 Å². The first kappa shape index (κ1) is 23.7. The van der Waals surface area contributed by atoms with E-state index in [1.54, 1.807) is 31.7 Å². The van der Waals surface area contributed by atoms with Crippen molar-refractivity contribution in [3.63, 3.8) is 0 Å². The molecule has 1 aromatic heterocycles. The highest BCUT2D eigenvalue weighted by atomic mass is 35.5. The van der Waals surface area contributed by atoms with Crippen molar-refractivity contribution in [1.82, 2.24) is 19.8 Å². The smallest absolute Gasteiger partial charge is 0.287 e. The van der Waals surface area contributed by atoms with Gasteiger partial charge in [0.05, 0.1) is 20.7 Å². The van der Waals surface area contributed by atoms with Gasteiger partial charge in [-0.15, -0.1) is 0 Å². The molecule has 11 heteroatoms. The number of imidazole rings is 1. The molecule has 0 radical (unpaired) electrons. The fourth-order valence-corrected chi connectivity index (χ4v) is 6.53. The number of aromatic nitrogens is 2. The summed E-state index contributed by atoms with van der Waals surface area (Å²) in [4.78, 5) is 31.4. The molecule has 2 aliphatic rings. The standard InChI is InChI=1S/C22H26ClFN4O4S/c1-21(2,3)33(31,32)22(6-7-22)13-27-8-9-28-17(20(27)30)12-25-18(28)19(29)26-11-14-4-5-15(23)16(24)10-14/h4-5,10,12H,6-9,11,13H2,1-3H3,(H,26,29). The molecule has 1 fully saturated rings. The highest BCUT2D eigenvalue weighted by molar-refractivity contribution is 7.94. The minimum absolute atomic E-state index is 0.00116. The van der Waals surface area contributed by atoms with Crippen molar-refractivity contribution >= 4 is 33.3 Å². The van der Waals surface area contributed by atoms with Crippen LogP contribution in [0.25, 0.3) is 0 Å². The SMILES string of the molecule is CC(C)(C)S(=O)(=O)C1(CN2CCn3c(cnc3C(=O)NCc3ccc(Cl)c(F)c3)C2=O)CC1. The summed E-state index contributed by atoms with van der Waals surface area (Å²) >= 11 is 5.68. The Hall–Kier alpha value is -2.46. The number of rotatable bonds is 6. The van der Waals surface area contributed by atoms with Gasteiger partial charge in [-0.05, 0) is 51.3 Å². The van der Waals surface area contributed by atoms with E-state index in [2.05, 4.69) is 10.3 Å². The summed E-state index contributed by atoms with van der Waals surface area (Å²) in [6.07, 6.45) is 2.41. The van der Waals surface area contributed by atoms with Crippen molar-refractivity contribution in [3.05, 3.63) is 52.3 Å². The monoisotopic (exact) mass is 496 g/mol. The second kappa shape index (κ2) is 8.09. The summed E-state index contributed by atoms with van der Waals surface area (Å²) in [7, 11) is -3.43. The number of halogens is 2. The van der Waals surface area contributed by atoms with Crippen LogP contribution in [0.2, 0.25) is 5.02 Å². The third kappa shape index (κ3) is 4.14. The number of amides is 2. The van der Waals surface area contributed by atoms with Crippen LogP contribution in [0.4, 0.5) is 4.39 Å². The van der Waals surface area contributed by atoms with Gasteiger partial charge in [0.15, 0.2) is 15.7 Å².